The SMILES string of the molecule is CCC1(CNC(=O)N2CCCN(C(=O)c3ccco3)CC2)CCC1. The van der Waals surface area contributed by atoms with E-state index in [4.69, 9.17) is 4.42 Å². The molecule has 3 amide bonds. The first-order valence-corrected chi connectivity index (χ1v) is 8.99. The Bertz CT molecular complexity index is 561. The molecule has 1 N–H and O–H groups in total. The number of amides is 3. The van der Waals surface area contributed by atoms with E-state index < -0.39 is 0 Å². The highest BCUT2D eigenvalue weighted by Gasteiger charge is 2.35. The summed E-state index contributed by atoms with van der Waals surface area (Å²) in [5.74, 6) is 0.268. The number of nitrogens with one attached hydrogen (secondary N) is 1. The average Bonchev–Trinajstić information content (AvgIpc) is 2.98. The molecule has 2 heterocycles. The van der Waals surface area contributed by atoms with Gasteiger partial charge in [0.25, 0.3) is 5.91 Å². The third-order valence-electron chi connectivity index (χ3n) is 5.58. The first kappa shape index (κ1) is 16.9. The Labute approximate surface area is 143 Å². The largest absolute Gasteiger partial charge is 0.459 e. The van der Waals surface area contributed by atoms with Gasteiger partial charge in [-0.1, -0.05) is 13.3 Å². The molecule has 1 aromatic rings. The zero-order valence-electron chi connectivity index (χ0n) is 14.4. The summed E-state index contributed by atoms with van der Waals surface area (Å²) in [6, 6.07) is 3.40. The van der Waals surface area contributed by atoms with Crippen LogP contribution in [0.15, 0.2) is 22.8 Å². The number of furan rings is 1. The van der Waals surface area contributed by atoms with Crippen LogP contribution in [0.1, 0.15) is 49.6 Å². The van der Waals surface area contributed by atoms with Gasteiger partial charge in [-0.3, -0.25) is 4.79 Å². The van der Waals surface area contributed by atoms with E-state index in [0.29, 0.717) is 37.4 Å². The third kappa shape index (κ3) is 3.57. The molecule has 3 rings (SSSR count). The smallest absolute Gasteiger partial charge is 0.317 e. The van der Waals surface area contributed by atoms with Crippen LogP contribution in [-0.4, -0.2) is 54.5 Å². The standard InChI is InChI=1S/C18H27N3O3/c1-2-18(7-4-8-18)14-19-17(23)21-10-5-9-20(11-12-21)16(22)15-6-3-13-24-15/h3,6,13H,2,4-5,7-12,14H2,1H3,(H,19,23). The summed E-state index contributed by atoms with van der Waals surface area (Å²) < 4.78 is 5.19. The lowest BCUT2D eigenvalue weighted by Crippen LogP contribution is -2.48. The van der Waals surface area contributed by atoms with Gasteiger partial charge in [-0.15, -0.1) is 0 Å². The maximum Gasteiger partial charge on any atom is 0.317 e. The summed E-state index contributed by atoms with van der Waals surface area (Å²) in [5.41, 5.74) is 0.322. The van der Waals surface area contributed by atoms with Crippen LogP contribution in [0.4, 0.5) is 4.79 Å². The summed E-state index contributed by atoms with van der Waals surface area (Å²) in [4.78, 5) is 28.4. The first-order chi connectivity index (χ1) is 11.6. The van der Waals surface area contributed by atoms with Crippen LogP contribution in [0.3, 0.4) is 0 Å². The highest BCUT2D eigenvalue weighted by atomic mass is 16.3. The highest BCUT2D eigenvalue weighted by molar-refractivity contribution is 5.91. The van der Waals surface area contributed by atoms with Gasteiger partial charge in [0.1, 0.15) is 0 Å². The molecule has 132 valence electrons. The van der Waals surface area contributed by atoms with Crippen molar-refractivity contribution < 1.29 is 14.0 Å². The normalized spacial score (nSPS) is 20.2. The molecule has 0 aromatic carbocycles. The summed E-state index contributed by atoms with van der Waals surface area (Å²) in [6.07, 6.45) is 7.13. The van der Waals surface area contributed by atoms with Gasteiger partial charge in [0.05, 0.1) is 6.26 Å². The lowest BCUT2D eigenvalue weighted by molar-refractivity contribution is 0.0730. The zero-order valence-corrected chi connectivity index (χ0v) is 14.4. The van der Waals surface area contributed by atoms with Crippen molar-refractivity contribution >= 4 is 11.9 Å². The molecule has 0 spiro atoms. The molecule has 0 bridgehead atoms. The van der Waals surface area contributed by atoms with Crippen LogP contribution in [0.2, 0.25) is 0 Å². The summed E-state index contributed by atoms with van der Waals surface area (Å²) >= 11 is 0. The van der Waals surface area contributed by atoms with Gasteiger partial charge in [-0.05, 0) is 43.2 Å². The van der Waals surface area contributed by atoms with Gasteiger partial charge in [-0.25, -0.2) is 4.79 Å². The fourth-order valence-electron chi connectivity index (χ4n) is 3.59. The number of hydrogen-bond donors (Lipinski definition) is 1. The van der Waals surface area contributed by atoms with Crippen LogP contribution in [0.5, 0.6) is 0 Å². The van der Waals surface area contributed by atoms with Gasteiger partial charge in [0, 0.05) is 32.7 Å². The molecule has 1 aliphatic carbocycles. The predicted octanol–water partition coefficient (Wildman–Crippen LogP) is 2.72. The average molecular weight is 333 g/mol. The van der Waals surface area contributed by atoms with Crippen molar-refractivity contribution in [1.82, 2.24) is 15.1 Å². The number of carbonyl (C=O) groups excluding carboxylic acids is 2. The molecule has 2 aliphatic rings. The fraction of sp³-hybridized carbons (Fsp3) is 0.667. The fourth-order valence-corrected chi connectivity index (χ4v) is 3.59. The number of urea groups is 1. The van der Waals surface area contributed by atoms with Crippen molar-refractivity contribution in [2.24, 2.45) is 5.41 Å². The second-order valence-electron chi connectivity index (χ2n) is 6.98. The van der Waals surface area contributed by atoms with Crippen LogP contribution >= 0.6 is 0 Å². The molecule has 2 fully saturated rings. The molecule has 0 radical (unpaired) electrons. The summed E-state index contributed by atoms with van der Waals surface area (Å²) in [7, 11) is 0. The van der Waals surface area contributed by atoms with Gasteiger partial charge in [0.15, 0.2) is 5.76 Å². The molecule has 24 heavy (non-hydrogen) atoms. The zero-order chi connectivity index (χ0) is 17.0. The minimum atomic E-state index is -0.0957. The molecule has 6 heteroatoms. The van der Waals surface area contributed by atoms with Crippen molar-refractivity contribution in [3.63, 3.8) is 0 Å². The van der Waals surface area contributed by atoms with Gasteiger partial charge < -0.3 is 19.5 Å². The highest BCUT2D eigenvalue weighted by Crippen LogP contribution is 2.43. The molecule has 1 aliphatic heterocycles. The van der Waals surface area contributed by atoms with Crippen molar-refractivity contribution in [2.45, 2.75) is 39.0 Å². The van der Waals surface area contributed by atoms with Crippen LogP contribution < -0.4 is 5.32 Å². The van der Waals surface area contributed by atoms with Crippen LogP contribution in [0, 0.1) is 5.41 Å². The molecular weight excluding hydrogens is 306 g/mol. The van der Waals surface area contributed by atoms with E-state index in [1.807, 2.05) is 4.90 Å². The van der Waals surface area contributed by atoms with E-state index in [2.05, 4.69) is 12.2 Å². The monoisotopic (exact) mass is 333 g/mol. The lowest BCUT2D eigenvalue weighted by atomic mass is 9.67. The Morgan fingerprint density at radius 2 is 1.92 bits per heavy atom. The van der Waals surface area contributed by atoms with Crippen molar-refractivity contribution in [1.29, 1.82) is 0 Å². The van der Waals surface area contributed by atoms with E-state index >= 15 is 0 Å². The Morgan fingerprint density at radius 3 is 2.54 bits per heavy atom. The van der Waals surface area contributed by atoms with Crippen molar-refractivity contribution in [3.05, 3.63) is 24.2 Å². The molecule has 6 nitrogen and oxygen atoms in total. The van der Waals surface area contributed by atoms with E-state index in [-0.39, 0.29) is 11.9 Å². The Kier molecular flexibility index (Phi) is 5.11. The Balaban J connectivity index is 1.49. The quantitative estimate of drug-likeness (QED) is 0.921. The van der Waals surface area contributed by atoms with E-state index in [9.17, 15) is 9.59 Å². The lowest BCUT2D eigenvalue weighted by Gasteiger charge is -2.41. The maximum absolute atomic E-state index is 12.5. The summed E-state index contributed by atoms with van der Waals surface area (Å²) in [6.45, 7) is 5.43. The Hall–Kier alpha value is -1.98. The first-order valence-electron chi connectivity index (χ1n) is 8.99. The van der Waals surface area contributed by atoms with Crippen molar-refractivity contribution in [3.8, 4) is 0 Å². The number of carbonyl (C=O) groups is 2. The predicted molar refractivity (Wildman–Crippen MR) is 90.8 cm³/mol. The second kappa shape index (κ2) is 7.28. The second-order valence-corrected chi connectivity index (χ2v) is 6.98. The molecule has 1 saturated carbocycles. The molecule has 0 atom stereocenters. The molecule has 1 saturated heterocycles. The van der Waals surface area contributed by atoms with Gasteiger partial charge in [0.2, 0.25) is 0 Å². The number of nitrogens with zero attached hydrogens (tertiary/aromatic N) is 2. The van der Waals surface area contributed by atoms with Crippen LogP contribution in [0.25, 0.3) is 0 Å². The van der Waals surface area contributed by atoms with E-state index in [0.717, 1.165) is 19.4 Å². The molecular formula is C18H27N3O3. The Morgan fingerprint density at radius 1 is 1.17 bits per heavy atom. The van der Waals surface area contributed by atoms with E-state index in [1.165, 1.54) is 25.5 Å². The molecule has 0 unspecified atom stereocenters. The van der Waals surface area contributed by atoms with E-state index in [1.54, 1.807) is 17.0 Å². The summed E-state index contributed by atoms with van der Waals surface area (Å²) in [5, 5.41) is 3.11. The van der Waals surface area contributed by atoms with Crippen molar-refractivity contribution in [2.75, 3.05) is 32.7 Å². The molecule has 1 aromatic heterocycles. The van der Waals surface area contributed by atoms with Crippen LogP contribution in [-0.2, 0) is 0 Å². The number of hydrogen-bond acceptors (Lipinski definition) is 3. The van der Waals surface area contributed by atoms with Gasteiger partial charge in [-0.2, -0.15) is 0 Å². The minimum Gasteiger partial charge on any atom is -0.459 e. The number of rotatable bonds is 4. The topological polar surface area (TPSA) is 65.8 Å². The minimum absolute atomic E-state index is 0.00187. The third-order valence-corrected chi connectivity index (χ3v) is 5.58. The maximum atomic E-state index is 12.5. The van der Waals surface area contributed by atoms with Gasteiger partial charge >= 0.3 is 6.03 Å².